The standard InChI is InChI=1S/C14H20ClNO2/c1-10(6-7-13(16)14(17)18-2)8-11-4-3-5-12(15)9-11/h3-5,9-10,13H,6-8,16H2,1-2H3. The molecule has 0 spiro atoms. The van der Waals surface area contributed by atoms with E-state index in [0.717, 1.165) is 17.9 Å². The fourth-order valence-corrected chi connectivity index (χ4v) is 2.11. The molecule has 0 aliphatic rings. The highest BCUT2D eigenvalue weighted by Gasteiger charge is 2.15. The van der Waals surface area contributed by atoms with Gasteiger partial charge in [0.1, 0.15) is 6.04 Å². The van der Waals surface area contributed by atoms with Crippen molar-refractivity contribution in [3.63, 3.8) is 0 Å². The Labute approximate surface area is 113 Å². The molecular formula is C14H20ClNO2. The third-order valence-corrected chi connectivity index (χ3v) is 3.18. The third-order valence-electron chi connectivity index (χ3n) is 2.95. The first-order valence-electron chi connectivity index (χ1n) is 6.10. The maximum atomic E-state index is 11.2. The Bertz CT molecular complexity index is 395. The Morgan fingerprint density at radius 1 is 1.44 bits per heavy atom. The molecule has 18 heavy (non-hydrogen) atoms. The summed E-state index contributed by atoms with van der Waals surface area (Å²) in [5.41, 5.74) is 6.91. The van der Waals surface area contributed by atoms with E-state index in [1.54, 1.807) is 0 Å². The monoisotopic (exact) mass is 269 g/mol. The molecule has 100 valence electrons. The first kappa shape index (κ1) is 15.0. The van der Waals surface area contributed by atoms with Gasteiger partial charge in [-0.15, -0.1) is 0 Å². The van der Waals surface area contributed by atoms with Gasteiger partial charge in [-0.2, -0.15) is 0 Å². The van der Waals surface area contributed by atoms with Gasteiger partial charge < -0.3 is 10.5 Å². The second-order valence-electron chi connectivity index (χ2n) is 4.65. The molecule has 0 saturated heterocycles. The zero-order chi connectivity index (χ0) is 13.5. The first-order chi connectivity index (χ1) is 8.52. The smallest absolute Gasteiger partial charge is 0.322 e. The van der Waals surface area contributed by atoms with Crippen LogP contribution >= 0.6 is 11.6 Å². The van der Waals surface area contributed by atoms with Crippen LogP contribution < -0.4 is 5.73 Å². The highest BCUT2D eigenvalue weighted by Crippen LogP contribution is 2.17. The molecule has 0 aliphatic heterocycles. The molecule has 0 heterocycles. The van der Waals surface area contributed by atoms with Crippen LogP contribution in [-0.4, -0.2) is 19.1 Å². The lowest BCUT2D eigenvalue weighted by atomic mass is 9.95. The largest absolute Gasteiger partial charge is 0.468 e. The summed E-state index contributed by atoms with van der Waals surface area (Å²) in [6, 6.07) is 7.32. The van der Waals surface area contributed by atoms with Gasteiger partial charge in [-0.05, 0) is 42.9 Å². The van der Waals surface area contributed by atoms with Crippen LogP contribution in [0.25, 0.3) is 0 Å². The van der Waals surface area contributed by atoms with Crippen LogP contribution in [0.1, 0.15) is 25.3 Å². The number of ether oxygens (including phenoxy) is 1. The van der Waals surface area contributed by atoms with Gasteiger partial charge in [-0.3, -0.25) is 4.79 Å². The van der Waals surface area contributed by atoms with E-state index in [0.29, 0.717) is 12.3 Å². The molecule has 2 unspecified atom stereocenters. The predicted molar refractivity (Wildman–Crippen MR) is 73.5 cm³/mol. The zero-order valence-corrected chi connectivity index (χ0v) is 11.6. The van der Waals surface area contributed by atoms with Gasteiger partial charge in [0.25, 0.3) is 0 Å². The minimum absolute atomic E-state index is 0.343. The van der Waals surface area contributed by atoms with E-state index in [2.05, 4.69) is 17.7 Å². The van der Waals surface area contributed by atoms with Gasteiger partial charge in [0.15, 0.2) is 0 Å². The number of carbonyl (C=O) groups excluding carboxylic acids is 1. The Morgan fingerprint density at radius 2 is 2.17 bits per heavy atom. The van der Waals surface area contributed by atoms with Crippen LogP contribution in [0.5, 0.6) is 0 Å². The predicted octanol–water partition coefficient (Wildman–Crippen LogP) is 2.80. The number of nitrogens with two attached hydrogens (primary N) is 1. The van der Waals surface area contributed by atoms with Gasteiger partial charge >= 0.3 is 5.97 Å². The number of halogens is 1. The number of hydrogen-bond donors (Lipinski definition) is 1. The number of methoxy groups -OCH3 is 1. The molecule has 0 aromatic heterocycles. The molecule has 0 saturated carbocycles. The fraction of sp³-hybridized carbons (Fsp3) is 0.500. The van der Waals surface area contributed by atoms with E-state index in [-0.39, 0.29) is 5.97 Å². The molecule has 1 rings (SSSR count). The molecule has 1 aromatic carbocycles. The van der Waals surface area contributed by atoms with E-state index < -0.39 is 6.04 Å². The van der Waals surface area contributed by atoms with Crippen LogP contribution in [-0.2, 0) is 16.0 Å². The maximum absolute atomic E-state index is 11.2. The van der Waals surface area contributed by atoms with Crippen LogP contribution in [0.2, 0.25) is 5.02 Å². The molecule has 0 amide bonds. The van der Waals surface area contributed by atoms with Crippen molar-refractivity contribution in [3.8, 4) is 0 Å². The van der Waals surface area contributed by atoms with Crippen molar-refractivity contribution in [1.82, 2.24) is 0 Å². The molecule has 2 N–H and O–H groups in total. The number of hydrogen-bond acceptors (Lipinski definition) is 3. The topological polar surface area (TPSA) is 52.3 Å². The minimum Gasteiger partial charge on any atom is -0.468 e. The lowest BCUT2D eigenvalue weighted by Crippen LogP contribution is -2.31. The van der Waals surface area contributed by atoms with Gasteiger partial charge in [-0.1, -0.05) is 30.7 Å². The Kier molecular flexibility index (Phi) is 6.16. The van der Waals surface area contributed by atoms with Crippen molar-refractivity contribution in [2.24, 2.45) is 11.7 Å². The molecule has 4 heteroatoms. The van der Waals surface area contributed by atoms with E-state index in [4.69, 9.17) is 17.3 Å². The molecule has 2 atom stereocenters. The molecule has 0 fully saturated rings. The van der Waals surface area contributed by atoms with Crippen molar-refractivity contribution in [3.05, 3.63) is 34.9 Å². The van der Waals surface area contributed by atoms with E-state index >= 15 is 0 Å². The van der Waals surface area contributed by atoms with E-state index in [9.17, 15) is 4.79 Å². The molecule has 3 nitrogen and oxygen atoms in total. The minimum atomic E-state index is -0.517. The third kappa shape index (κ3) is 5.07. The van der Waals surface area contributed by atoms with E-state index in [1.165, 1.54) is 12.7 Å². The summed E-state index contributed by atoms with van der Waals surface area (Å²) in [6.45, 7) is 2.14. The first-order valence-corrected chi connectivity index (χ1v) is 6.48. The molecule has 1 aromatic rings. The van der Waals surface area contributed by atoms with Gasteiger partial charge in [0.05, 0.1) is 7.11 Å². The lowest BCUT2D eigenvalue weighted by Gasteiger charge is -2.14. The lowest BCUT2D eigenvalue weighted by molar-refractivity contribution is -0.142. The highest BCUT2D eigenvalue weighted by molar-refractivity contribution is 6.30. The quantitative estimate of drug-likeness (QED) is 0.808. The molecule has 0 aliphatic carbocycles. The summed E-state index contributed by atoms with van der Waals surface area (Å²) in [4.78, 5) is 11.2. The average molecular weight is 270 g/mol. The van der Waals surface area contributed by atoms with Crippen molar-refractivity contribution < 1.29 is 9.53 Å². The number of esters is 1. The summed E-state index contributed by atoms with van der Waals surface area (Å²) in [5, 5.41) is 0.756. The average Bonchev–Trinajstić information content (AvgIpc) is 2.35. The van der Waals surface area contributed by atoms with Crippen molar-refractivity contribution in [2.75, 3.05) is 7.11 Å². The normalized spacial score (nSPS) is 14.0. The van der Waals surface area contributed by atoms with Crippen molar-refractivity contribution >= 4 is 17.6 Å². The number of benzene rings is 1. The second-order valence-corrected chi connectivity index (χ2v) is 5.08. The Hall–Kier alpha value is -1.06. The van der Waals surface area contributed by atoms with E-state index in [1.807, 2.05) is 18.2 Å². The number of rotatable bonds is 6. The van der Waals surface area contributed by atoms with Crippen LogP contribution in [0.15, 0.2) is 24.3 Å². The SMILES string of the molecule is COC(=O)C(N)CCC(C)Cc1cccc(Cl)c1. The molecule has 0 radical (unpaired) electrons. The Balaban J connectivity index is 2.38. The van der Waals surface area contributed by atoms with Crippen LogP contribution in [0, 0.1) is 5.92 Å². The van der Waals surface area contributed by atoms with Gasteiger partial charge in [-0.25, -0.2) is 0 Å². The molecular weight excluding hydrogens is 250 g/mol. The summed E-state index contributed by atoms with van der Waals surface area (Å²) in [6.07, 6.45) is 2.48. The van der Waals surface area contributed by atoms with Gasteiger partial charge in [0.2, 0.25) is 0 Å². The van der Waals surface area contributed by atoms with Crippen LogP contribution in [0.4, 0.5) is 0 Å². The second kappa shape index (κ2) is 7.39. The maximum Gasteiger partial charge on any atom is 0.322 e. The van der Waals surface area contributed by atoms with Crippen molar-refractivity contribution in [1.29, 1.82) is 0 Å². The molecule has 0 bridgehead atoms. The zero-order valence-electron chi connectivity index (χ0n) is 10.9. The highest BCUT2D eigenvalue weighted by atomic mass is 35.5. The van der Waals surface area contributed by atoms with Gasteiger partial charge in [0, 0.05) is 5.02 Å². The van der Waals surface area contributed by atoms with Crippen LogP contribution in [0.3, 0.4) is 0 Å². The summed E-state index contributed by atoms with van der Waals surface area (Å²) < 4.78 is 4.60. The summed E-state index contributed by atoms with van der Waals surface area (Å²) >= 11 is 5.93. The number of carbonyl (C=O) groups is 1. The fourth-order valence-electron chi connectivity index (χ4n) is 1.90. The van der Waals surface area contributed by atoms with Crippen molar-refractivity contribution in [2.45, 2.75) is 32.2 Å². The Morgan fingerprint density at radius 3 is 2.78 bits per heavy atom. The summed E-state index contributed by atoms with van der Waals surface area (Å²) in [7, 11) is 1.36. The summed E-state index contributed by atoms with van der Waals surface area (Å²) in [5.74, 6) is 0.115.